The molecule has 0 saturated carbocycles. The standard InChI is InChI=1S/C20H15NO6S2/c22-18(23)9-21-19(24)17(29-20(21)28)8-12-1-4-14(5-2-12)25-10-13-3-6-15-16(7-13)27-11-26-15/h1-8H,9-11H2,(H,22,23)/b17-8+. The van der Waals surface area contributed by atoms with E-state index in [4.69, 9.17) is 31.5 Å². The molecule has 0 aliphatic carbocycles. The minimum atomic E-state index is -1.11. The zero-order chi connectivity index (χ0) is 20.4. The van der Waals surface area contributed by atoms with Crippen molar-refractivity contribution in [3.8, 4) is 17.2 Å². The SMILES string of the molecule is O=C(O)CN1C(=O)/C(=C\c2ccc(OCc3ccc4c(c3)OCO4)cc2)SC1=S. The highest BCUT2D eigenvalue weighted by atomic mass is 32.2. The molecular formula is C20H15NO6S2. The molecule has 2 heterocycles. The first-order valence-electron chi connectivity index (χ1n) is 8.58. The minimum Gasteiger partial charge on any atom is -0.489 e. The number of hydrogen-bond acceptors (Lipinski definition) is 7. The second kappa shape index (κ2) is 8.14. The molecule has 0 spiro atoms. The highest BCUT2D eigenvalue weighted by Crippen LogP contribution is 2.34. The molecule has 0 radical (unpaired) electrons. The Morgan fingerprint density at radius 3 is 2.72 bits per heavy atom. The molecule has 4 rings (SSSR count). The van der Waals surface area contributed by atoms with Crippen LogP contribution in [0.25, 0.3) is 6.08 Å². The molecule has 0 aromatic heterocycles. The molecule has 29 heavy (non-hydrogen) atoms. The van der Waals surface area contributed by atoms with Crippen LogP contribution in [0.5, 0.6) is 17.2 Å². The summed E-state index contributed by atoms with van der Waals surface area (Å²) < 4.78 is 16.7. The molecule has 0 unspecified atom stereocenters. The van der Waals surface area contributed by atoms with Gasteiger partial charge in [-0.15, -0.1) is 0 Å². The Kier molecular flexibility index (Phi) is 5.41. The summed E-state index contributed by atoms with van der Waals surface area (Å²) >= 11 is 6.18. The summed E-state index contributed by atoms with van der Waals surface area (Å²) in [5.41, 5.74) is 1.75. The molecule has 2 aromatic carbocycles. The van der Waals surface area contributed by atoms with E-state index in [-0.39, 0.29) is 11.1 Å². The number of amides is 1. The van der Waals surface area contributed by atoms with E-state index in [1.807, 2.05) is 30.3 Å². The zero-order valence-corrected chi connectivity index (χ0v) is 16.6. The molecule has 0 bridgehead atoms. The lowest BCUT2D eigenvalue weighted by Gasteiger charge is -2.10. The molecule has 7 nitrogen and oxygen atoms in total. The predicted molar refractivity (Wildman–Crippen MR) is 111 cm³/mol. The van der Waals surface area contributed by atoms with Crippen LogP contribution in [-0.4, -0.2) is 39.5 Å². The largest absolute Gasteiger partial charge is 0.489 e. The molecule has 9 heteroatoms. The summed E-state index contributed by atoms with van der Waals surface area (Å²) in [5, 5.41) is 8.89. The van der Waals surface area contributed by atoms with Gasteiger partial charge >= 0.3 is 5.97 Å². The van der Waals surface area contributed by atoms with Crippen LogP contribution in [0.4, 0.5) is 0 Å². The molecular weight excluding hydrogens is 414 g/mol. The van der Waals surface area contributed by atoms with Crippen molar-refractivity contribution in [2.45, 2.75) is 6.61 Å². The van der Waals surface area contributed by atoms with Gasteiger partial charge in [-0.25, -0.2) is 0 Å². The Balaban J connectivity index is 1.39. The van der Waals surface area contributed by atoms with E-state index in [0.717, 1.165) is 33.5 Å². The number of nitrogens with zero attached hydrogens (tertiary/aromatic N) is 1. The maximum Gasteiger partial charge on any atom is 0.323 e. The zero-order valence-electron chi connectivity index (χ0n) is 15.0. The van der Waals surface area contributed by atoms with Crippen molar-refractivity contribution in [1.29, 1.82) is 0 Å². The number of carbonyl (C=O) groups is 2. The van der Waals surface area contributed by atoms with Crippen LogP contribution in [0.15, 0.2) is 47.4 Å². The number of benzene rings is 2. The number of carbonyl (C=O) groups excluding carboxylic acids is 1. The average Bonchev–Trinajstić information content (AvgIpc) is 3.27. The Hall–Kier alpha value is -3.04. The van der Waals surface area contributed by atoms with Crippen LogP contribution in [0, 0.1) is 0 Å². The second-order valence-corrected chi connectivity index (χ2v) is 7.88. The van der Waals surface area contributed by atoms with Crippen LogP contribution < -0.4 is 14.2 Å². The van der Waals surface area contributed by atoms with Crippen LogP contribution in [-0.2, 0) is 16.2 Å². The van der Waals surface area contributed by atoms with Gasteiger partial charge in [0.15, 0.2) is 11.5 Å². The number of thioether (sulfide) groups is 1. The van der Waals surface area contributed by atoms with Gasteiger partial charge in [-0.05, 0) is 41.5 Å². The van der Waals surface area contributed by atoms with Gasteiger partial charge in [0.25, 0.3) is 5.91 Å². The Bertz CT molecular complexity index is 1020. The number of ether oxygens (including phenoxy) is 3. The quantitative estimate of drug-likeness (QED) is 0.553. The van der Waals surface area contributed by atoms with Crippen molar-refractivity contribution in [3.05, 3.63) is 58.5 Å². The summed E-state index contributed by atoms with van der Waals surface area (Å²) in [4.78, 5) is 24.6. The van der Waals surface area contributed by atoms with E-state index in [2.05, 4.69) is 0 Å². The number of rotatable bonds is 6. The van der Waals surface area contributed by atoms with Gasteiger partial charge in [0.2, 0.25) is 6.79 Å². The average molecular weight is 429 g/mol. The van der Waals surface area contributed by atoms with E-state index < -0.39 is 18.4 Å². The fraction of sp³-hybridized carbons (Fsp3) is 0.150. The summed E-state index contributed by atoms with van der Waals surface area (Å²) in [5.74, 6) is 0.615. The van der Waals surface area contributed by atoms with Crippen LogP contribution in [0.3, 0.4) is 0 Å². The van der Waals surface area contributed by atoms with E-state index >= 15 is 0 Å². The van der Waals surface area contributed by atoms with E-state index in [0.29, 0.717) is 23.0 Å². The number of carboxylic acid groups (broad SMARTS) is 1. The van der Waals surface area contributed by atoms with Crippen molar-refractivity contribution in [1.82, 2.24) is 4.90 Å². The molecule has 2 aliphatic heterocycles. The lowest BCUT2D eigenvalue weighted by molar-refractivity contribution is -0.140. The van der Waals surface area contributed by atoms with E-state index in [9.17, 15) is 9.59 Å². The molecule has 1 saturated heterocycles. The Labute approximate surface area is 175 Å². The molecule has 2 aromatic rings. The van der Waals surface area contributed by atoms with Crippen molar-refractivity contribution < 1.29 is 28.9 Å². The van der Waals surface area contributed by atoms with Gasteiger partial charge in [-0.2, -0.15) is 0 Å². The van der Waals surface area contributed by atoms with Gasteiger partial charge in [-0.1, -0.05) is 42.2 Å². The van der Waals surface area contributed by atoms with Gasteiger partial charge in [-0.3, -0.25) is 14.5 Å². The van der Waals surface area contributed by atoms with E-state index in [1.54, 1.807) is 18.2 Å². The number of fused-ring (bicyclic) bond motifs is 1. The summed E-state index contributed by atoms with van der Waals surface area (Å²) in [7, 11) is 0. The first kappa shape index (κ1) is 19.3. The first-order chi connectivity index (χ1) is 14.0. The van der Waals surface area contributed by atoms with Crippen molar-refractivity contribution in [2.75, 3.05) is 13.3 Å². The monoisotopic (exact) mass is 429 g/mol. The van der Waals surface area contributed by atoms with Crippen molar-refractivity contribution in [3.63, 3.8) is 0 Å². The summed E-state index contributed by atoms with van der Waals surface area (Å²) in [6.45, 7) is 0.175. The van der Waals surface area contributed by atoms with Crippen LogP contribution in [0.1, 0.15) is 11.1 Å². The molecule has 0 atom stereocenters. The molecule has 1 amide bonds. The number of hydrogen-bond donors (Lipinski definition) is 1. The topological polar surface area (TPSA) is 85.3 Å². The van der Waals surface area contributed by atoms with Crippen LogP contribution in [0.2, 0.25) is 0 Å². The maximum atomic E-state index is 12.3. The molecule has 2 aliphatic rings. The number of aliphatic carboxylic acids is 1. The van der Waals surface area contributed by atoms with Gasteiger partial charge in [0, 0.05) is 0 Å². The Morgan fingerprint density at radius 2 is 1.97 bits per heavy atom. The number of carboxylic acids is 1. The molecule has 148 valence electrons. The normalized spacial score (nSPS) is 16.6. The fourth-order valence-electron chi connectivity index (χ4n) is 2.78. The van der Waals surface area contributed by atoms with Crippen molar-refractivity contribution in [2.24, 2.45) is 0 Å². The smallest absolute Gasteiger partial charge is 0.323 e. The van der Waals surface area contributed by atoms with E-state index in [1.165, 1.54) is 0 Å². The third-order valence-electron chi connectivity index (χ3n) is 4.19. The lowest BCUT2D eigenvalue weighted by Crippen LogP contribution is -2.33. The Morgan fingerprint density at radius 1 is 1.21 bits per heavy atom. The predicted octanol–water partition coefficient (Wildman–Crippen LogP) is 3.28. The summed E-state index contributed by atoms with van der Waals surface area (Å²) in [6, 6.07) is 12.9. The second-order valence-electron chi connectivity index (χ2n) is 6.21. The van der Waals surface area contributed by atoms with Crippen molar-refractivity contribution >= 4 is 46.3 Å². The summed E-state index contributed by atoms with van der Waals surface area (Å²) in [6.07, 6.45) is 1.68. The fourth-order valence-corrected chi connectivity index (χ4v) is 4.04. The minimum absolute atomic E-state index is 0.232. The third kappa shape index (κ3) is 4.36. The first-order valence-corrected chi connectivity index (χ1v) is 9.80. The number of thiocarbonyl (C=S) groups is 1. The van der Waals surface area contributed by atoms with Crippen LogP contribution >= 0.6 is 24.0 Å². The molecule has 1 fully saturated rings. The van der Waals surface area contributed by atoms with Gasteiger partial charge in [0.05, 0.1) is 4.91 Å². The maximum absolute atomic E-state index is 12.3. The molecule has 1 N–H and O–H groups in total. The highest BCUT2D eigenvalue weighted by Gasteiger charge is 2.33. The lowest BCUT2D eigenvalue weighted by atomic mass is 10.2. The van der Waals surface area contributed by atoms with Gasteiger partial charge < -0.3 is 19.3 Å². The van der Waals surface area contributed by atoms with Gasteiger partial charge in [0.1, 0.15) is 23.2 Å². The highest BCUT2D eigenvalue weighted by molar-refractivity contribution is 8.26. The third-order valence-corrected chi connectivity index (χ3v) is 5.57.